The number of ether oxygens (including phenoxy) is 1. The van der Waals surface area contributed by atoms with E-state index in [1.807, 2.05) is 20.8 Å². The molecule has 6 heteroatoms. The summed E-state index contributed by atoms with van der Waals surface area (Å²) < 4.78 is 5.31. The van der Waals surface area contributed by atoms with Gasteiger partial charge in [-0.25, -0.2) is 4.79 Å². The number of carboxylic acids is 1. The lowest BCUT2D eigenvalue weighted by atomic mass is 9.92. The van der Waals surface area contributed by atoms with Crippen LogP contribution in [0.2, 0.25) is 0 Å². The van der Waals surface area contributed by atoms with Gasteiger partial charge in [0.05, 0.1) is 5.41 Å². The van der Waals surface area contributed by atoms with Gasteiger partial charge in [-0.2, -0.15) is 0 Å². The third-order valence-corrected chi connectivity index (χ3v) is 4.29. The molecule has 2 fully saturated rings. The van der Waals surface area contributed by atoms with Crippen LogP contribution in [-0.4, -0.2) is 47.3 Å². The Bertz CT molecular complexity index is 417. The van der Waals surface area contributed by atoms with Crippen molar-refractivity contribution in [3.63, 3.8) is 0 Å². The van der Waals surface area contributed by atoms with E-state index in [1.165, 1.54) is 0 Å². The van der Waals surface area contributed by atoms with Crippen molar-refractivity contribution in [2.75, 3.05) is 19.6 Å². The number of nitrogens with two attached hydrogens (primary N) is 1. The summed E-state index contributed by atoms with van der Waals surface area (Å²) >= 11 is 0. The highest BCUT2D eigenvalue weighted by molar-refractivity contribution is 5.81. The van der Waals surface area contributed by atoms with Crippen molar-refractivity contribution in [3.8, 4) is 0 Å². The van der Waals surface area contributed by atoms with Crippen LogP contribution in [0.3, 0.4) is 0 Å². The van der Waals surface area contributed by atoms with E-state index in [0.717, 1.165) is 0 Å². The van der Waals surface area contributed by atoms with Crippen LogP contribution in [0.15, 0.2) is 0 Å². The highest BCUT2D eigenvalue weighted by atomic mass is 16.6. The van der Waals surface area contributed by atoms with Gasteiger partial charge in [0.1, 0.15) is 5.60 Å². The molecule has 6 nitrogen and oxygen atoms in total. The lowest BCUT2D eigenvalue weighted by Crippen LogP contribution is -2.37. The number of carboxylic acid groups (broad SMARTS) is 1. The highest BCUT2D eigenvalue weighted by Crippen LogP contribution is 2.67. The van der Waals surface area contributed by atoms with Crippen LogP contribution in [0.25, 0.3) is 0 Å². The highest BCUT2D eigenvalue weighted by Gasteiger charge is 2.73. The minimum atomic E-state index is -0.846. The third-order valence-electron chi connectivity index (χ3n) is 4.29. The molecule has 1 saturated heterocycles. The fourth-order valence-corrected chi connectivity index (χ4v) is 3.10. The van der Waals surface area contributed by atoms with Gasteiger partial charge in [-0.05, 0) is 33.6 Å². The molecule has 0 unspecified atom stereocenters. The minimum Gasteiger partial charge on any atom is -0.481 e. The second kappa shape index (κ2) is 4.10. The van der Waals surface area contributed by atoms with E-state index < -0.39 is 17.0 Å². The van der Waals surface area contributed by atoms with E-state index in [-0.39, 0.29) is 18.1 Å². The molecule has 0 aromatic heterocycles. The van der Waals surface area contributed by atoms with E-state index >= 15 is 0 Å². The topological polar surface area (TPSA) is 92.9 Å². The summed E-state index contributed by atoms with van der Waals surface area (Å²) in [5.41, 5.74) is 3.91. The zero-order valence-electron chi connectivity index (χ0n) is 11.7. The predicted molar refractivity (Wildman–Crippen MR) is 68.6 cm³/mol. The number of nitrogens with zero attached hydrogens (tertiary/aromatic N) is 1. The Morgan fingerprint density at radius 1 is 1.42 bits per heavy atom. The van der Waals surface area contributed by atoms with Gasteiger partial charge in [0, 0.05) is 25.0 Å². The van der Waals surface area contributed by atoms with E-state index in [4.69, 9.17) is 10.5 Å². The molecule has 1 aliphatic carbocycles. The molecule has 1 amide bonds. The maximum atomic E-state index is 12.0. The van der Waals surface area contributed by atoms with Crippen molar-refractivity contribution in [1.29, 1.82) is 0 Å². The monoisotopic (exact) mass is 270 g/mol. The van der Waals surface area contributed by atoms with Crippen molar-refractivity contribution in [3.05, 3.63) is 0 Å². The number of carbonyl (C=O) groups excluding carboxylic acids is 1. The first-order chi connectivity index (χ1) is 8.66. The Labute approximate surface area is 112 Å². The molecule has 2 atom stereocenters. The molecular formula is C13H22N2O4. The van der Waals surface area contributed by atoms with Gasteiger partial charge in [-0.3, -0.25) is 4.79 Å². The molecule has 3 N–H and O–H groups in total. The number of carbonyl (C=O) groups is 2. The smallest absolute Gasteiger partial charge is 0.410 e. The van der Waals surface area contributed by atoms with Crippen molar-refractivity contribution in [2.24, 2.45) is 16.6 Å². The predicted octanol–water partition coefficient (Wildman–Crippen LogP) is 1.05. The number of hydrogen-bond donors (Lipinski definition) is 2. The Hall–Kier alpha value is -1.30. The van der Waals surface area contributed by atoms with Crippen LogP contribution in [0.1, 0.15) is 33.6 Å². The molecule has 1 saturated carbocycles. The van der Waals surface area contributed by atoms with Gasteiger partial charge >= 0.3 is 12.1 Å². The number of likely N-dealkylation sites (tertiary alicyclic amines) is 1. The van der Waals surface area contributed by atoms with Crippen LogP contribution in [0, 0.1) is 10.8 Å². The summed E-state index contributed by atoms with van der Waals surface area (Å²) in [6.45, 7) is 6.56. The van der Waals surface area contributed by atoms with Gasteiger partial charge in [0.25, 0.3) is 0 Å². The molecule has 0 radical (unpaired) electrons. The molecule has 19 heavy (non-hydrogen) atoms. The molecule has 0 aromatic rings. The Balaban J connectivity index is 2.02. The van der Waals surface area contributed by atoms with Crippen LogP contribution in [-0.2, 0) is 9.53 Å². The fraction of sp³-hybridized carbons (Fsp3) is 0.846. The van der Waals surface area contributed by atoms with Crippen molar-refractivity contribution in [2.45, 2.75) is 39.2 Å². The summed E-state index contributed by atoms with van der Waals surface area (Å²) in [5.74, 6) is -0.846. The van der Waals surface area contributed by atoms with E-state index in [9.17, 15) is 14.7 Å². The number of hydrogen-bond acceptors (Lipinski definition) is 4. The molecule has 108 valence electrons. The Morgan fingerprint density at radius 3 is 2.47 bits per heavy atom. The minimum absolute atomic E-state index is 0.129. The van der Waals surface area contributed by atoms with Crippen LogP contribution in [0.4, 0.5) is 4.79 Å². The van der Waals surface area contributed by atoms with E-state index in [0.29, 0.717) is 25.9 Å². The number of rotatable bonds is 2. The zero-order chi connectivity index (χ0) is 14.5. The molecule has 0 aromatic carbocycles. The molecular weight excluding hydrogens is 248 g/mol. The second-order valence-corrected chi connectivity index (χ2v) is 6.70. The third kappa shape index (κ3) is 2.18. The van der Waals surface area contributed by atoms with Crippen LogP contribution in [0.5, 0.6) is 0 Å². The van der Waals surface area contributed by atoms with E-state index in [2.05, 4.69) is 0 Å². The Kier molecular flexibility index (Phi) is 3.04. The largest absolute Gasteiger partial charge is 0.481 e. The van der Waals surface area contributed by atoms with Gasteiger partial charge in [0.2, 0.25) is 0 Å². The normalized spacial score (nSPS) is 33.6. The number of aliphatic carboxylic acids is 1. The van der Waals surface area contributed by atoms with Crippen LogP contribution >= 0.6 is 0 Å². The van der Waals surface area contributed by atoms with Gasteiger partial charge in [0.15, 0.2) is 0 Å². The SMILES string of the molecule is CC(C)(C)OC(=O)N1CC[C@@]2(C1)C[C@]2(CN)C(=O)O. The second-order valence-electron chi connectivity index (χ2n) is 6.70. The van der Waals surface area contributed by atoms with Gasteiger partial charge in [-0.15, -0.1) is 0 Å². The average molecular weight is 270 g/mol. The first-order valence-electron chi connectivity index (χ1n) is 6.57. The van der Waals surface area contributed by atoms with E-state index in [1.54, 1.807) is 4.90 Å². The van der Waals surface area contributed by atoms with Crippen molar-refractivity contribution >= 4 is 12.1 Å². The lowest BCUT2D eigenvalue weighted by Gasteiger charge is -2.25. The molecule has 1 aliphatic heterocycles. The van der Waals surface area contributed by atoms with Crippen LogP contribution < -0.4 is 5.73 Å². The molecule has 1 heterocycles. The summed E-state index contributed by atoms with van der Waals surface area (Å²) in [7, 11) is 0. The molecule has 2 rings (SSSR count). The molecule has 0 bridgehead atoms. The maximum absolute atomic E-state index is 12.0. The van der Waals surface area contributed by atoms with Crippen molar-refractivity contribution in [1.82, 2.24) is 4.90 Å². The molecule has 1 spiro atoms. The maximum Gasteiger partial charge on any atom is 0.410 e. The standard InChI is InChI=1S/C13H22N2O4/c1-11(2,3)19-10(18)15-5-4-12(8-15)6-13(12,7-14)9(16)17/h4-8,14H2,1-3H3,(H,16,17)/t12-,13-/m0/s1. The summed E-state index contributed by atoms with van der Waals surface area (Å²) in [6, 6.07) is 0. The quantitative estimate of drug-likeness (QED) is 0.782. The van der Waals surface area contributed by atoms with Crippen molar-refractivity contribution < 1.29 is 19.4 Å². The zero-order valence-corrected chi connectivity index (χ0v) is 11.7. The molecule has 2 aliphatic rings. The first-order valence-corrected chi connectivity index (χ1v) is 6.57. The lowest BCUT2D eigenvalue weighted by molar-refractivity contribution is -0.144. The summed E-state index contributed by atoms with van der Waals surface area (Å²) in [6.07, 6.45) is 0.883. The average Bonchev–Trinajstić information content (AvgIpc) is 2.68. The fourth-order valence-electron chi connectivity index (χ4n) is 3.10. The van der Waals surface area contributed by atoms with Gasteiger partial charge < -0.3 is 20.5 Å². The summed E-state index contributed by atoms with van der Waals surface area (Å²) in [4.78, 5) is 24.9. The van der Waals surface area contributed by atoms with Gasteiger partial charge in [-0.1, -0.05) is 0 Å². The first kappa shape index (κ1) is 14.1. The summed E-state index contributed by atoms with van der Waals surface area (Å²) in [5, 5.41) is 9.33. The Morgan fingerprint density at radius 2 is 2.05 bits per heavy atom. The number of amides is 1.